The van der Waals surface area contributed by atoms with E-state index < -0.39 is 10.0 Å². The first kappa shape index (κ1) is 22.0. The van der Waals surface area contributed by atoms with Gasteiger partial charge in [0.05, 0.1) is 16.3 Å². The van der Waals surface area contributed by atoms with E-state index in [1.165, 1.54) is 30.3 Å². The van der Waals surface area contributed by atoms with Crippen molar-refractivity contribution in [2.75, 3.05) is 26.2 Å². The lowest BCUT2D eigenvalue weighted by Crippen LogP contribution is -2.48. The molecule has 0 atom stereocenters. The summed E-state index contributed by atoms with van der Waals surface area (Å²) in [6, 6.07) is 16.5. The number of piperazine rings is 1. The van der Waals surface area contributed by atoms with Crippen LogP contribution in [0.15, 0.2) is 59.5 Å². The van der Waals surface area contributed by atoms with Crippen LogP contribution in [0.5, 0.6) is 0 Å². The normalized spacial score (nSPS) is 17.2. The Morgan fingerprint density at radius 3 is 2.30 bits per heavy atom. The van der Waals surface area contributed by atoms with Crippen LogP contribution >= 0.6 is 0 Å². The van der Waals surface area contributed by atoms with Gasteiger partial charge < -0.3 is 0 Å². The first-order chi connectivity index (χ1) is 15.9. The number of rotatable bonds is 6. The van der Waals surface area contributed by atoms with E-state index in [4.69, 9.17) is 5.10 Å². The van der Waals surface area contributed by atoms with Gasteiger partial charge in [0.2, 0.25) is 10.0 Å². The lowest BCUT2D eigenvalue weighted by atomic mass is 10.2. The second kappa shape index (κ2) is 8.85. The van der Waals surface area contributed by atoms with Gasteiger partial charge in [-0.25, -0.2) is 13.1 Å². The van der Waals surface area contributed by atoms with Gasteiger partial charge >= 0.3 is 0 Å². The fraction of sp³-hybridized carbons (Fsp3) is 0.360. The molecular formula is C25H28N4O3S. The van der Waals surface area contributed by atoms with E-state index in [1.807, 2.05) is 18.2 Å². The number of sulfonamides is 1. The molecule has 0 amide bonds. The van der Waals surface area contributed by atoms with Crippen molar-refractivity contribution in [2.45, 2.75) is 37.6 Å². The van der Waals surface area contributed by atoms with Gasteiger partial charge in [-0.3, -0.25) is 9.69 Å². The minimum absolute atomic E-state index is 0.0752. The molecule has 0 unspecified atom stereocenters. The van der Waals surface area contributed by atoms with Crippen LogP contribution in [-0.2, 0) is 29.4 Å². The maximum absolute atomic E-state index is 13.1. The van der Waals surface area contributed by atoms with E-state index in [9.17, 15) is 13.2 Å². The van der Waals surface area contributed by atoms with E-state index in [0.717, 1.165) is 37.2 Å². The largest absolute Gasteiger partial charge is 0.295 e. The molecule has 7 nitrogen and oxygen atoms in total. The van der Waals surface area contributed by atoms with Crippen molar-refractivity contribution >= 4 is 15.8 Å². The van der Waals surface area contributed by atoms with E-state index in [2.05, 4.69) is 21.7 Å². The topological polar surface area (TPSA) is 75.5 Å². The van der Waals surface area contributed by atoms with Crippen LogP contribution < -0.4 is 0 Å². The number of carbonyl (C=O) groups excluding carboxylic acids is 1. The molecule has 0 saturated carbocycles. The Bertz CT molecular complexity index is 1260. The maximum Gasteiger partial charge on any atom is 0.243 e. The van der Waals surface area contributed by atoms with Crippen LogP contribution in [-0.4, -0.2) is 59.4 Å². The van der Waals surface area contributed by atoms with Crippen LogP contribution in [0.25, 0.3) is 5.69 Å². The summed E-state index contributed by atoms with van der Waals surface area (Å²) >= 11 is 0. The molecule has 33 heavy (non-hydrogen) atoms. The zero-order chi connectivity index (χ0) is 23.0. The SMILES string of the molecule is CC(=O)c1ccc(S(=O)(=O)N2CCN(Cc3nn(-c4ccccc4)c4c3CCC4)CC2)cc1. The van der Waals surface area contributed by atoms with Gasteiger partial charge in [-0.1, -0.05) is 30.3 Å². The molecule has 0 spiro atoms. The molecule has 0 bridgehead atoms. The highest BCUT2D eigenvalue weighted by molar-refractivity contribution is 7.89. The Hall–Kier alpha value is -2.81. The fourth-order valence-electron chi connectivity index (χ4n) is 4.77. The lowest BCUT2D eigenvalue weighted by molar-refractivity contribution is 0.101. The summed E-state index contributed by atoms with van der Waals surface area (Å²) in [5, 5.41) is 4.95. The predicted molar refractivity (Wildman–Crippen MR) is 126 cm³/mol. The van der Waals surface area contributed by atoms with E-state index in [0.29, 0.717) is 31.7 Å². The number of aromatic nitrogens is 2. The Kier molecular flexibility index (Phi) is 5.90. The van der Waals surface area contributed by atoms with Crippen LogP contribution in [0.2, 0.25) is 0 Å². The zero-order valence-electron chi connectivity index (χ0n) is 18.8. The summed E-state index contributed by atoms with van der Waals surface area (Å²) in [5.74, 6) is -0.0752. The van der Waals surface area contributed by atoms with Gasteiger partial charge in [0.1, 0.15) is 0 Å². The second-order valence-electron chi connectivity index (χ2n) is 8.73. The number of benzene rings is 2. The number of hydrogen-bond donors (Lipinski definition) is 0. The third-order valence-corrected chi connectivity index (χ3v) is 8.53. The van der Waals surface area contributed by atoms with Crippen molar-refractivity contribution < 1.29 is 13.2 Å². The van der Waals surface area contributed by atoms with Crippen LogP contribution in [0.3, 0.4) is 0 Å². The van der Waals surface area contributed by atoms with E-state index >= 15 is 0 Å². The first-order valence-corrected chi connectivity index (χ1v) is 12.9. The summed E-state index contributed by atoms with van der Waals surface area (Å²) in [4.78, 5) is 14.0. The van der Waals surface area contributed by atoms with Crippen molar-refractivity contribution in [1.82, 2.24) is 19.0 Å². The number of carbonyl (C=O) groups is 1. The van der Waals surface area contributed by atoms with Crippen LogP contribution in [0.4, 0.5) is 0 Å². The molecule has 1 aliphatic heterocycles. The van der Waals surface area contributed by atoms with Gasteiger partial charge in [-0.15, -0.1) is 0 Å². The number of para-hydroxylation sites is 1. The van der Waals surface area contributed by atoms with Crippen LogP contribution in [0, 0.1) is 0 Å². The fourth-order valence-corrected chi connectivity index (χ4v) is 6.20. The molecule has 5 rings (SSSR count). The Balaban J connectivity index is 1.27. The highest BCUT2D eigenvalue weighted by Gasteiger charge is 2.30. The minimum Gasteiger partial charge on any atom is -0.295 e. The average molecular weight is 465 g/mol. The van der Waals surface area contributed by atoms with Crippen molar-refractivity contribution in [3.8, 4) is 5.69 Å². The smallest absolute Gasteiger partial charge is 0.243 e. The molecule has 1 aromatic heterocycles. The van der Waals surface area contributed by atoms with Gasteiger partial charge in [-0.2, -0.15) is 9.40 Å². The first-order valence-electron chi connectivity index (χ1n) is 11.4. The second-order valence-corrected chi connectivity index (χ2v) is 10.7. The highest BCUT2D eigenvalue weighted by Crippen LogP contribution is 2.29. The molecular weight excluding hydrogens is 436 g/mol. The standard InChI is InChI=1S/C25H28N4O3S/c1-19(30)20-10-12-22(13-11-20)33(31,32)28-16-14-27(15-17-28)18-24-23-8-5-9-25(23)29(26-24)21-6-3-2-4-7-21/h2-4,6-7,10-13H,5,8-9,14-18H2,1H3. The van der Waals surface area contributed by atoms with Crippen molar-refractivity contribution in [1.29, 1.82) is 0 Å². The molecule has 2 aromatic carbocycles. The number of nitrogens with zero attached hydrogens (tertiary/aromatic N) is 4. The number of fused-ring (bicyclic) bond motifs is 1. The van der Waals surface area contributed by atoms with Gasteiger partial charge in [0.15, 0.2) is 5.78 Å². The van der Waals surface area contributed by atoms with Crippen molar-refractivity contribution in [3.05, 3.63) is 77.1 Å². The third kappa shape index (κ3) is 4.26. The Morgan fingerprint density at radius 2 is 1.64 bits per heavy atom. The molecule has 172 valence electrons. The van der Waals surface area contributed by atoms with E-state index in [-0.39, 0.29) is 10.7 Å². The third-order valence-electron chi connectivity index (χ3n) is 6.62. The van der Waals surface area contributed by atoms with Gasteiger partial charge in [-0.05, 0) is 56.0 Å². The number of ketones is 1. The Labute approximate surface area is 194 Å². The molecule has 8 heteroatoms. The maximum atomic E-state index is 13.1. The highest BCUT2D eigenvalue weighted by atomic mass is 32.2. The summed E-state index contributed by atoms with van der Waals surface area (Å²) in [7, 11) is -3.57. The molecule has 1 saturated heterocycles. The summed E-state index contributed by atoms with van der Waals surface area (Å²) in [6.45, 7) is 4.43. The monoisotopic (exact) mass is 464 g/mol. The zero-order valence-corrected chi connectivity index (χ0v) is 19.6. The summed E-state index contributed by atoms with van der Waals surface area (Å²) < 4.78 is 29.7. The molecule has 3 aromatic rings. The average Bonchev–Trinajstić information content (AvgIpc) is 3.44. The van der Waals surface area contributed by atoms with Crippen molar-refractivity contribution in [3.63, 3.8) is 0 Å². The van der Waals surface area contributed by atoms with Crippen LogP contribution in [0.1, 0.15) is 40.7 Å². The van der Waals surface area contributed by atoms with E-state index in [1.54, 1.807) is 16.4 Å². The predicted octanol–water partition coefficient (Wildman–Crippen LogP) is 3.07. The summed E-state index contributed by atoms with van der Waals surface area (Å²) in [5.41, 5.74) is 5.39. The summed E-state index contributed by atoms with van der Waals surface area (Å²) in [6.07, 6.45) is 3.26. The number of hydrogen-bond acceptors (Lipinski definition) is 5. The molecule has 0 N–H and O–H groups in total. The van der Waals surface area contributed by atoms with Gasteiger partial charge in [0.25, 0.3) is 0 Å². The molecule has 1 fully saturated rings. The Morgan fingerprint density at radius 1 is 0.939 bits per heavy atom. The minimum atomic E-state index is -3.57. The number of Topliss-reactive ketones (excluding diaryl/α,β-unsaturated/α-hetero) is 1. The molecule has 1 aliphatic carbocycles. The lowest BCUT2D eigenvalue weighted by Gasteiger charge is -2.33. The van der Waals surface area contributed by atoms with Gasteiger partial charge in [0, 0.05) is 44.0 Å². The van der Waals surface area contributed by atoms with Crippen molar-refractivity contribution in [2.24, 2.45) is 0 Å². The molecule has 2 heterocycles. The molecule has 2 aliphatic rings. The molecule has 0 radical (unpaired) electrons. The quantitative estimate of drug-likeness (QED) is 0.524.